The molecular weight excluding hydrogens is 286 g/mol. The average molecular weight is 306 g/mol. The quantitative estimate of drug-likeness (QED) is 0.790. The van der Waals surface area contributed by atoms with Gasteiger partial charge in [-0.25, -0.2) is 0 Å². The molecule has 0 aromatic heterocycles. The van der Waals surface area contributed by atoms with Gasteiger partial charge in [-0.1, -0.05) is 35.9 Å². The summed E-state index contributed by atoms with van der Waals surface area (Å²) in [5.41, 5.74) is 3.23. The number of para-hydroxylation sites is 1. The molecule has 0 aliphatic carbocycles. The zero-order chi connectivity index (χ0) is 15.1. The Morgan fingerprint density at radius 3 is 2.67 bits per heavy atom. The van der Waals surface area contributed by atoms with E-state index in [0.717, 1.165) is 34.0 Å². The molecule has 21 heavy (non-hydrogen) atoms. The molecule has 0 saturated heterocycles. The second-order valence-corrected chi connectivity index (χ2v) is 5.08. The maximum Gasteiger partial charge on any atom is 0.127 e. The third-order valence-electron chi connectivity index (χ3n) is 3.16. The van der Waals surface area contributed by atoms with E-state index in [4.69, 9.17) is 21.1 Å². The Morgan fingerprint density at radius 1 is 1.10 bits per heavy atom. The van der Waals surface area contributed by atoms with Crippen LogP contribution in [-0.4, -0.2) is 27.4 Å². The average Bonchev–Trinajstić information content (AvgIpc) is 2.51. The molecule has 112 valence electrons. The molecule has 0 fully saturated rings. The van der Waals surface area contributed by atoms with Crippen LogP contribution in [0.25, 0.3) is 11.1 Å². The molecule has 2 aromatic rings. The van der Waals surface area contributed by atoms with E-state index in [2.05, 4.69) is 17.4 Å². The van der Waals surface area contributed by atoms with Crippen LogP contribution in [0.3, 0.4) is 0 Å². The fourth-order valence-corrected chi connectivity index (χ4v) is 2.32. The zero-order valence-corrected chi connectivity index (χ0v) is 13.1. The van der Waals surface area contributed by atoms with E-state index in [1.54, 1.807) is 7.11 Å². The van der Waals surface area contributed by atoms with Gasteiger partial charge >= 0.3 is 0 Å². The van der Waals surface area contributed by atoms with Gasteiger partial charge < -0.3 is 14.8 Å². The van der Waals surface area contributed by atoms with E-state index in [0.29, 0.717) is 13.2 Å². The first-order valence-electron chi connectivity index (χ1n) is 6.90. The Balaban J connectivity index is 2.30. The molecule has 0 spiro atoms. The molecule has 0 aliphatic heterocycles. The highest BCUT2D eigenvalue weighted by molar-refractivity contribution is 6.31. The monoisotopic (exact) mass is 305 g/mol. The Kier molecular flexibility index (Phi) is 6.05. The topological polar surface area (TPSA) is 30.5 Å². The number of rotatable bonds is 7. The minimum atomic E-state index is 0.532. The third kappa shape index (κ3) is 4.21. The molecule has 3 nitrogen and oxygen atoms in total. The highest BCUT2D eigenvalue weighted by Gasteiger charge is 2.08. The summed E-state index contributed by atoms with van der Waals surface area (Å²) in [6, 6.07) is 14.0. The van der Waals surface area contributed by atoms with Crippen molar-refractivity contribution in [1.29, 1.82) is 0 Å². The van der Waals surface area contributed by atoms with Crippen molar-refractivity contribution < 1.29 is 9.47 Å². The van der Waals surface area contributed by atoms with Crippen molar-refractivity contribution in [1.82, 2.24) is 5.32 Å². The Hall–Kier alpha value is -1.55. The first-order chi connectivity index (χ1) is 10.3. The van der Waals surface area contributed by atoms with Crippen molar-refractivity contribution in [3.8, 4) is 16.9 Å². The molecule has 0 radical (unpaired) electrons. The number of nitrogens with one attached hydrogen (secondary N) is 1. The smallest absolute Gasteiger partial charge is 0.127 e. The van der Waals surface area contributed by atoms with Crippen molar-refractivity contribution in [2.75, 3.05) is 27.4 Å². The Labute approximate surface area is 130 Å². The van der Waals surface area contributed by atoms with E-state index >= 15 is 0 Å². The van der Waals surface area contributed by atoms with Gasteiger partial charge in [0.15, 0.2) is 0 Å². The van der Waals surface area contributed by atoms with Crippen LogP contribution >= 0.6 is 11.6 Å². The maximum atomic E-state index is 6.22. The van der Waals surface area contributed by atoms with E-state index in [1.165, 1.54) is 0 Å². The standard InChI is InChI=1S/C17H20ClNO2/c1-19-12-14-11-13(7-8-16(14)18)15-5-3-4-6-17(15)21-10-9-20-2/h3-8,11,19H,9-10,12H2,1-2H3. The van der Waals surface area contributed by atoms with Crippen LogP contribution in [0.1, 0.15) is 5.56 Å². The molecular formula is C17H20ClNO2. The van der Waals surface area contributed by atoms with Gasteiger partial charge in [0.25, 0.3) is 0 Å². The van der Waals surface area contributed by atoms with Gasteiger partial charge in [0, 0.05) is 24.2 Å². The van der Waals surface area contributed by atoms with E-state index in [1.807, 2.05) is 37.4 Å². The van der Waals surface area contributed by atoms with E-state index in [9.17, 15) is 0 Å². The number of hydrogen-bond acceptors (Lipinski definition) is 3. The van der Waals surface area contributed by atoms with Gasteiger partial charge in [0.1, 0.15) is 12.4 Å². The SMILES string of the molecule is CNCc1cc(-c2ccccc2OCCOC)ccc1Cl. The number of benzene rings is 2. The number of ether oxygens (including phenoxy) is 2. The molecule has 0 amide bonds. The van der Waals surface area contributed by atoms with Crippen LogP contribution in [0.4, 0.5) is 0 Å². The Bertz CT molecular complexity index is 587. The molecule has 0 saturated carbocycles. The Morgan fingerprint density at radius 2 is 1.90 bits per heavy atom. The van der Waals surface area contributed by atoms with Crippen LogP contribution in [0.15, 0.2) is 42.5 Å². The van der Waals surface area contributed by atoms with Crippen molar-refractivity contribution in [2.45, 2.75) is 6.54 Å². The van der Waals surface area contributed by atoms with Crippen molar-refractivity contribution >= 4 is 11.6 Å². The van der Waals surface area contributed by atoms with Crippen LogP contribution in [0.5, 0.6) is 5.75 Å². The lowest BCUT2D eigenvalue weighted by molar-refractivity contribution is 0.146. The molecule has 0 heterocycles. The molecule has 0 aliphatic rings. The lowest BCUT2D eigenvalue weighted by Gasteiger charge is -2.13. The first-order valence-corrected chi connectivity index (χ1v) is 7.28. The second kappa shape index (κ2) is 8.03. The largest absolute Gasteiger partial charge is 0.491 e. The minimum absolute atomic E-state index is 0.532. The summed E-state index contributed by atoms with van der Waals surface area (Å²) < 4.78 is 10.8. The van der Waals surface area contributed by atoms with Gasteiger partial charge in [-0.2, -0.15) is 0 Å². The lowest BCUT2D eigenvalue weighted by atomic mass is 10.0. The number of halogens is 1. The van der Waals surface area contributed by atoms with Crippen LogP contribution in [0.2, 0.25) is 5.02 Å². The minimum Gasteiger partial charge on any atom is -0.491 e. The molecule has 2 aromatic carbocycles. The van der Waals surface area contributed by atoms with Crippen molar-refractivity contribution in [3.05, 3.63) is 53.1 Å². The summed E-state index contributed by atoms with van der Waals surface area (Å²) in [5, 5.41) is 3.90. The maximum absolute atomic E-state index is 6.22. The van der Waals surface area contributed by atoms with Gasteiger partial charge in [-0.3, -0.25) is 0 Å². The normalized spacial score (nSPS) is 10.6. The fraction of sp³-hybridized carbons (Fsp3) is 0.294. The lowest BCUT2D eigenvalue weighted by Crippen LogP contribution is -2.06. The predicted octanol–water partition coefficient (Wildman–Crippen LogP) is 3.75. The predicted molar refractivity (Wildman–Crippen MR) is 87.0 cm³/mol. The molecule has 0 atom stereocenters. The number of hydrogen-bond donors (Lipinski definition) is 1. The second-order valence-electron chi connectivity index (χ2n) is 4.67. The first kappa shape index (κ1) is 15.8. The van der Waals surface area contributed by atoms with Gasteiger partial charge in [0.05, 0.1) is 6.61 Å². The van der Waals surface area contributed by atoms with Crippen LogP contribution < -0.4 is 10.1 Å². The molecule has 0 bridgehead atoms. The third-order valence-corrected chi connectivity index (χ3v) is 3.52. The van der Waals surface area contributed by atoms with Gasteiger partial charge in [0.2, 0.25) is 0 Å². The van der Waals surface area contributed by atoms with Gasteiger partial charge in [-0.05, 0) is 36.4 Å². The molecule has 4 heteroatoms. The van der Waals surface area contributed by atoms with Gasteiger partial charge in [-0.15, -0.1) is 0 Å². The summed E-state index contributed by atoms with van der Waals surface area (Å²) in [6.45, 7) is 1.84. The van der Waals surface area contributed by atoms with Crippen molar-refractivity contribution in [2.24, 2.45) is 0 Å². The van der Waals surface area contributed by atoms with Crippen LogP contribution in [0, 0.1) is 0 Å². The number of methoxy groups -OCH3 is 1. The fourth-order valence-electron chi connectivity index (χ4n) is 2.13. The highest BCUT2D eigenvalue weighted by atomic mass is 35.5. The van der Waals surface area contributed by atoms with Crippen LogP contribution in [-0.2, 0) is 11.3 Å². The summed E-state index contributed by atoms with van der Waals surface area (Å²) in [7, 11) is 3.57. The van der Waals surface area contributed by atoms with E-state index < -0.39 is 0 Å². The molecule has 2 rings (SSSR count). The summed E-state index contributed by atoms with van der Waals surface area (Å²) in [6.07, 6.45) is 0. The summed E-state index contributed by atoms with van der Waals surface area (Å²) in [5.74, 6) is 0.854. The summed E-state index contributed by atoms with van der Waals surface area (Å²) >= 11 is 6.22. The van der Waals surface area contributed by atoms with E-state index in [-0.39, 0.29) is 0 Å². The molecule has 1 N–H and O–H groups in total. The van der Waals surface area contributed by atoms with Crippen molar-refractivity contribution in [3.63, 3.8) is 0 Å². The summed E-state index contributed by atoms with van der Waals surface area (Å²) in [4.78, 5) is 0. The zero-order valence-electron chi connectivity index (χ0n) is 12.4. The molecule has 0 unspecified atom stereocenters. The highest BCUT2D eigenvalue weighted by Crippen LogP contribution is 2.32.